The Morgan fingerprint density at radius 2 is 1.95 bits per heavy atom. The van der Waals surface area contributed by atoms with E-state index < -0.39 is 9.84 Å². The summed E-state index contributed by atoms with van der Waals surface area (Å²) in [6, 6.07) is 8.81. The number of rotatable bonds is 2. The molecule has 1 aromatic carbocycles. The first kappa shape index (κ1) is 12.4. The van der Waals surface area contributed by atoms with Crippen LogP contribution in [0.2, 0.25) is 0 Å². The molecule has 0 radical (unpaired) electrons. The Balaban J connectivity index is 1.83. The van der Waals surface area contributed by atoms with Crippen molar-refractivity contribution in [3.05, 3.63) is 51.7 Å². The summed E-state index contributed by atoms with van der Waals surface area (Å²) in [4.78, 5) is 12.5. The Kier molecular flexibility index (Phi) is 2.91. The molecule has 1 amide bonds. The van der Waals surface area contributed by atoms with Crippen LogP contribution in [0.3, 0.4) is 0 Å². The van der Waals surface area contributed by atoms with E-state index in [1.807, 2.05) is 11.4 Å². The number of thiophene rings is 1. The number of amides is 1. The summed E-state index contributed by atoms with van der Waals surface area (Å²) in [5.41, 5.74) is 2.24. The Morgan fingerprint density at radius 3 is 2.68 bits per heavy atom. The van der Waals surface area contributed by atoms with Crippen LogP contribution in [0.1, 0.15) is 20.8 Å². The first-order valence-corrected chi connectivity index (χ1v) is 8.41. The summed E-state index contributed by atoms with van der Waals surface area (Å²) in [6.45, 7) is 0. The average Bonchev–Trinajstić information content (AvgIpc) is 2.93. The van der Waals surface area contributed by atoms with Crippen LogP contribution < -0.4 is 5.32 Å². The largest absolute Gasteiger partial charge is 0.321 e. The Bertz CT molecular complexity index is 733. The minimum Gasteiger partial charge on any atom is -0.321 e. The molecule has 19 heavy (non-hydrogen) atoms. The molecule has 0 aliphatic carbocycles. The highest BCUT2D eigenvalue weighted by molar-refractivity contribution is 7.90. The van der Waals surface area contributed by atoms with E-state index in [1.165, 1.54) is 11.3 Å². The van der Waals surface area contributed by atoms with E-state index in [0.29, 0.717) is 10.6 Å². The molecule has 1 N–H and O–H groups in total. The minimum atomic E-state index is -3.00. The molecule has 0 bridgehead atoms. The molecule has 6 heteroatoms. The van der Waals surface area contributed by atoms with Gasteiger partial charge in [0.25, 0.3) is 5.91 Å². The molecule has 4 nitrogen and oxygen atoms in total. The van der Waals surface area contributed by atoms with Crippen molar-refractivity contribution in [2.45, 2.75) is 11.5 Å². The molecule has 0 unspecified atom stereocenters. The van der Waals surface area contributed by atoms with Gasteiger partial charge in [0.1, 0.15) is 0 Å². The summed E-state index contributed by atoms with van der Waals surface area (Å²) in [5.74, 6) is -0.0113. The molecule has 0 fully saturated rings. The third kappa shape index (κ3) is 2.54. The number of nitrogens with one attached hydrogen (secondary N) is 1. The zero-order chi connectivity index (χ0) is 13.5. The molecule has 2 heterocycles. The topological polar surface area (TPSA) is 63.2 Å². The highest BCUT2D eigenvalue weighted by Gasteiger charge is 2.24. The van der Waals surface area contributed by atoms with Gasteiger partial charge in [0.2, 0.25) is 0 Å². The van der Waals surface area contributed by atoms with Crippen LogP contribution in [0.5, 0.6) is 0 Å². The quantitative estimate of drug-likeness (QED) is 0.925. The van der Waals surface area contributed by atoms with E-state index in [2.05, 4.69) is 5.32 Å². The summed E-state index contributed by atoms with van der Waals surface area (Å²) in [7, 11) is -3.00. The van der Waals surface area contributed by atoms with E-state index >= 15 is 0 Å². The van der Waals surface area contributed by atoms with Gasteiger partial charge in [0.15, 0.2) is 9.84 Å². The first-order chi connectivity index (χ1) is 9.03. The Morgan fingerprint density at radius 1 is 1.16 bits per heavy atom. The number of hydrogen-bond donors (Lipinski definition) is 1. The van der Waals surface area contributed by atoms with Gasteiger partial charge >= 0.3 is 0 Å². The number of hydrogen-bond acceptors (Lipinski definition) is 4. The third-order valence-electron chi connectivity index (χ3n) is 2.96. The lowest BCUT2D eigenvalue weighted by molar-refractivity contribution is 0.103. The second-order valence-corrected chi connectivity index (χ2v) is 7.46. The maximum atomic E-state index is 11.9. The van der Waals surface area contributed by atoms with Crippen LogP contribution in [0.15, 0.2) is 35.7 Å². The van der Waals surface area contributed by atoms with Gasteiger partial charge in [-0.2, -0.15) is 0 Å². The first-order valence-electron chi connectivity index (χ1n) is 5.71. The van der Waals surface area contributed by atoms with E-state index in [0.717, 1.165) is 11.1 Å². The zero-order valence-corrected chi connectivity index (χ0v) is 11.6. The standard InChI is InChI=1S/C13H11NO3S2/c15-13(12-2-1-5-18-12)14-11-4-3-9-7-19(16,17)8-10(9)6-11/h1-6H,7-8H2,(H,14,15). The molecule has 0 spiro atoms. The van der Waals surface area contributed by atoms with Crippen LogP contribution in [0, 0.1) is 0 Å². The van der Waals surface area contributed by atoms with Gasteiger partial charge in [-0.25, -0.2) is 8.42 Å². The molecule has 1 aliphatic rings. The fourth-order valence-corrected chi connectivity index (χ4v) is 4.32. The van der Waals surface area contributed by atoms with E-state index in [-0.39, 0.29) is 17.4 Å². The van der Waals surface area contributed by atoms with Crippen LogP contribution >= 0.6 is 11.3 Å². The fraction of sp³-hybridized carbons (Fsp3) is 0.154. The van der Waals surface area contributed by atoms with Gasteiger partial charge < -0.3 is 5.32 Å². The number of carbonyl (C=O) groups is 1. The number of benzene rings is 1. The van der Waals surface area contributed by atoms with Gasteiger partial charge in [0.05, 0.1) is 16.4 Å². The van der Waals surface area contributed by atoms with Gasteiger partial charge in [-0.05, 0) is 34.7 Å². The van der Waals surface area contributed by atoms with Gasteiger partial charge in [-0.3, -0.25) is 4.79 Å². The number of sulfone groups is 1. The molecule has 1 aromatic heterocycles. The van der Waals surface area contributed by atoms with E-state index in [4.69, 9.17) is 0 Å². The molecule has 2 aromatic rings. The Labute approximate surface area is 115 Å². The molecule has 0 saturated heterocycles. The second-order valence-electron chi connectivity index (χ2n) is 4.45. The number of carbonyl (C=O) groups excluding carboxylic acids is 1. The van der Waals surface area contributed by atoms with Gasteiger partial charge in [-0.1, -0.05) is 12.1 Å². The predicted octanol–water partition coefficient (Wildman–Crippen LogP) is 2.43. The number of anilines is 1. The molecule has 1 aliphatic heterocycles. The molecular weight excluding hydrogens is 282 g/mol. The SMILES string of the molecule is O=C(Nc1ccc2c(c1)CS(=O)(=O)C2)c1cccs1. The lowest BCUT2D eigenvalue weighted by atomic mass is 10.1. The predicted molar refractivity (Wildman–Crippen MR) is 75.0 cm³/mol. The van der Waals surface area contributed by atoms with Gasteiger partial charge in [-0.15, -0.1) is 11.3 Å². The van der Waals surface area contributed by atoms with Crippen LogP contribution in [0.4, 0.5) is 5.69 Å². The number of fused-ring (bicyclic) bond motifs is 1. The van der Waals surface area contributed by atoms with Crippen molar-refractivity contribution < 1.29 is 13.2 Å². The maximum absolute atomic E-state index is 11.9. The smallest absolute Gasteiger partial charge is 0.265 e. The molecule has 98 valence electrons. The second kappa shape index (κ2) is 4.47. The summed E-state index contributed by atoms with van der Waals surface area (Å²) in [6.07, 6.45) is 0. The third-order valence-corrected chi connectivity index (χ3v) is 5.33. The van der Waals surface area contributed by atoms with Crippen LogP contribution in [-0.4, -0.2) is 14.3 Å². The maximum Gasteiger partial charge on any atom is 0.265 e. The molecule has 0 atom stereocenters. The highest BCUT2D eigenvalue weighted by atomic mass is 32.2. The van der Waals surface area contributed by atoms with Gasteiger partial charge in [0, 0.05) is 5.69 Å². The zero-order valence-electron chi connectivity index (χ0n) is 9.92. The monoisotopic (exact) mass is 293 g/mol. The Hall–Kier alpha value is -1.66. The minimum absolute atomic E-state index is 0.0606. The van der Waals surface area contributed by atoms with E-state index in [9.17, 15) is 13.2 Å². The summed E-state index contributed by atoms with van der Waals surface area (Å²) < 4.78 is 23.0. The lowest BCUT2D eigenvalue weighted by Crippen LogP contribution is -2.10. The fourth-order valence-electron chi connectivity index (χ4n) is 2.10. The van der Waals surface area contributed by atoms with Crippen LogP contribution in [-0.2, 0) is 21.3 Å². The molecular formula is C13H11NO3S2. The molecule has 3 rings (SSSR count). The summed E-state index contributed by atoms with van der Waals surface area (Å²) in [5, 5.41) is 4.62. The van der Waals surface area contributed by atoms with Crippen molar-refractivity contribution in [3.8, 4) is 0 Å². The normalized spacial score (nSPS) is 16.0. The lowest BCUT2D eigenvalue weighted by Gasteiger charge is -2.05. The van der Waals surface area contributed by atoms with Crippen molar-refractivity contribution in [3.63, 3.8) is 0 Å². The van der Waals surface area contributed by atoms with Crippen LogP contribution in [0.25, 0.3) is 0 Å². The highest BCUT2D eigenvalue weighted by Crippen LogP contribution is 2.27. The van der Waals surface area contributed by atoms with Crippen molar-refractivity contribution in [1.29, 1.82) is 0 Å². The van der Waals surface area contributed by atoms with Crippen molar-refractivity contribution in [2.75, 3.05) is 5.32 Å². The average molecular weight is 293 g/mol. The van der Waals surface area contributed by atoms with E-state index in [1.54, 1.807) is 24.3 Å². The summed E-state index contributed by atoms with van der Waals surface area (Å²) >= 11 is 1.37. The van der Waals surface area contributed by atoms with Crippen molar-refractivity contribution in [1.82, 2.24) is 0 Å². The molecule has 0 saturated carbocycles. The van der Waals surface area contributed by atoms with Crippen molar-refractivity contribution >= 4 is 32.8 Å². The van der Waals surface area contributed by atoms with Crippen molar-refractivity contribution in [2.24, 2.45) is 0 Å².